The van der Waals surface area contributed by atoms with Crippen molar-refractivity contribution in [1.82, 2.24) is 10.2 Å². The van der Waals surface area contributed by atoms with E-state index in [1.165, 1.54) is 4.90 Å². The molecule has 0 saturated heterocycles. The molecule has 0 aliphatic heterocycles. The maximum absolute atomic E-state index is 14.1. The zero-order valence-electron chi connectivity index (χ0n) is 25.2. The molecular formula is C31H38N4O8. The highest BCUT2D eigenvalue weighted by Crippen LogP contribution is 2.52. The van der Waals surface area contributed by atoms with Crippen LogP contribution >= 0.6 is 0 Å². The number of amides is 1. The number of nitrogens with one attached hydrogen (secondary N) is 1. The van der Waals surface area contributed by atoms with Crippen LogP contribution in [0.5, 0.6) is 5.75 Å². The Morgan fingerprint density at radius 1 is 1.09 bits per heavy atom. The number of likely N-dealkylation sites (N-methyl/N-ethyl adjacent to an activating group) is 1. The maximum Gasteiger partial charge on any atom is 0.235 e. The number of carbonyl (C=O) groups is 5. The van der Waals surface area contributed by atoms with Crippen LogP contribution in [-0.4, -0.2) is 84.0 Å². The van der Waals surface area contributed by atoms with Gasteiger partial charge in [0.2, 0.25) is 5.91 Å². The Morgan fingerprint density at radius 3 is 2.33 bits per heavy atom. The predicted octanol–water partition coefficient (Wildman–Crippen LogP) is 0.433. The average molecular weight is 595 g/mol. The number of rotatable bonds is 7. The molecule has 2 saturated carbocycles. The third kappa shape index (κ3) is 4.59. The van der Waals surface area contributed by atoms with Gasteiger partial charge in [-0.15, -0.1) is 0 Å². The van der Waals surface area contributed by atoms with Gasteiger partial charge in [0, 0.05) is 37.8 Å². The number of carbonyl (C=O) groups excluding carboxylic acids is 5. The van der Waals surface area contributed by atoms with Gasteiger partial charge in [0.15, 0.2) is 34.7 Å². The fourth-order valence-corrected chi connectivity index (χ4v) is 7.30. The van der Waals surface area contributed by atoms with E-state index in [1.54, 1.807) is 20.2 Å². The number of hydrogen-bond acceptors (Lipinski definition) is 11. The average Bonchev–Trinajstić information content (AvgIpc) is 3.23. The van der Waals surface area contributed by atoms with E-state index in [0.29, 0.717) is 23.4 Å². The van der Waals surface area contributed by atoms with E-state index in [0.717, 1.165) is 17.1 Å². The number of hydrogen-bond donors (Lipinski definition) is 4. The van der Waals surface area contributed by atoms with Gasteiger partial charge in [0.25, 0.3) is 0 Å². The summed E-state index contributed by atoms with van der Waals surface area (Å²) in [4.78, 5) is 70.4. The Balaban J connectivity index is 1.55. The number of Topliss-reactive ketones (excluding diaryl/α,β-unsaturated/α-hetero) is 4. The summed E-state index contributed by atoms with van der Waals surface area (Å²) in [6.45, 7) is 4.38. The Hall–Kier alpha value is -3.87. The molecule has 5 N–H and O–H groups in total. The first kappa shape index (κ1) is 30.6. The molecule has 3 aliphatic rings. The fourth-order valence-electron chi connectivity index (χ4n) is 7.30. The van der Waals surface area contributed by atoms with Gasteiger partial charge >= 0.3 is 0 Å². The molecule has 43 heavy (non-hydrogen) atoms. The topological polar surface area (TPSA) is 183 Å². The van der Waals surface area contributed by atoms with Crippen molar-refractivity contribution in [2.24, 2.45) is 29.4 Å². The molecule has 0 radical (unpaired) electrons. The zero-order chi connectivity index (χ0) is 31.7. The predicted molar refractivity (Wildman–Crippen MR) is 154 cm³/mol. The highest BCUT2D eigenvalue weighted by atomic mass is 16.3. The molecule has 2 fully saturated rings. The molecule has 2 unspecified atom stereocenters. The molecule has 5 rings (SSSR count). The number of nitrogens with zero attached hydrogens (tertiary/aromatic N) is 2. The van der Waals surface area contributed by atoms with Gasteiger partial charge in [-0.3, -0.25) is 28.9 Å². The molecule has 12 nitrogen and oxygen atoms in total. The second-order valence-corrected chi connectivity index (χ2v) is 12.5. The van der Waals surface area contributed by atoms with Crippen molar-refractivity contribution in [3.8, 4) is 5.75 Å². The van der Waals surface area contributed by atoms with Crippen LogP contribution in [0.15, 0.2) is 16.5 Å². The molecule has 6 atom stereocenters. The standard InChI is InChI=1S/C31H38N4O8/c1-13-7-17(43-14(13)2)12-33-11-16-10-20(34(3)4)18-8-15-9-19-24(35(5)6)27(38)23(30(32)41)29(40)31(19,42)28(39)21(15)26(37)22(18)25(16)36/h7,10,15,19,21,23-24,33,36,42H,8-9,11-12H2,1-6H3,(H2,32,41)/t15-,19-,21?,23?,24-,31-/m1/s1. The van der Waals surface area contributed by atoms with E-state index in [2.05, 4.69) is 5.32 Å². The van der Waals surface area contributed by atoms with Crippen LogP contribution in [0.3, 0.4) is 0 Å². The minimum absolute atomic E-state index is 0.00279. The summed E-state index contributed by atoms with van der Waals surface area (Å²) < 4.78 is 5.71. The van der Waals surface area contributed by atoms with Crippen molar-refractivity contribution in [3.63, 3.8) is 0 Å². The third-order valence-electron chi connectivity index (χ3n) is 9.43. The lowest BCUT2D eigenvalue weighted by Gasteiger charge is -2.52. The number of benzene rings is 1. The summed E-state index contributed by atoms with van der Waals surface area (Å²) in [7, 11) is 6.73. The van der Waals surface area contributed by atoms with Crippen molar-refractivity contribution >= 4 is 34.7 Å². The number of furan rings is 1. The van der Waals surface area contributed by atoms with Crippen LogP contribution in [-0.2, 0) is 38.7 Å². The number of ketones is 4. The van der Waals surface area contributed by atoms with E-state index in [4.69, 9.17) is 10.2 Å². The van der Waals surface area contributed by atoms with Gasteiger partial charge in [0.05, 0.1) is 24.1 Å². The largest absolute Gasteiger partial charge is 0.507 e. The van der Waals surface area contributed by atoms with E-state index in [-0.39, 0.29) is 30.7 Å². The summed E-state index contributed by atoms with van der Waals surface area (Å²) in [5.41, 5.74) is 5.29. The smallest absolute Gasteiger partial charge is 0.235 e. The number of nitrogens with two attached hydrogens (primary N) is 1. The van der Waals surface area contributed by atoms with Gasteiger partial charge in [-0.1, -0.05) is 0 Å². The van der Waals surface area contributed by atoms with Crippen molar-refractivity contribution < 1.29 is 38.6 Å². The minimum atomic E-state index is -2.75. The van der Waals surface area contributed by atoms with E-state index in [1.807, 2.05) is 38.9 Å². The molecule has 2 aromatic rings. The van der Waals surface area contributed by atoms with Gasteiger partial charge in [0.1, 0.15) is 17.3 Å². The Labute approximate surface area is 249 Å². The molecule has 1 aromatic carbocycles. The van der Waals surface area contributed by atoms with Crippen molar-refractivity contribution in [2.75, 3.05) is 33.1 Å². The number of aryl methyl sites for hydroxylation is 2. The van der Waals surface area contributed by atoms with Crippen LogP contribution in [0.4, 0.5) is 5.69 Å². The Morgan fingerprint density at radius 2 is 1.77 bits per heavy atom. The number of anilines is 1. The summed E-state index contributed by atoms with van der Waals surface area (Å²) in [6.07, 6.45) is 0.203. The van der Waals surface area contributed by atoms with Gasteiger partial charge in [-0.25, -0.2) is 0 Å². The van der Waals surface area contributed by atoms with Crippen LogP contribution in [0.1, 0.15) is 45.0 Å². The van der Waals surface area contributed by atoms with Crippen LogP contribution in [0.25, 0.3) is 0 Å². The second kappa shape index (κ2) is 10.7. The molecule has 0 bridgehead atoms. The van der Waals surface area contributed by atoms with Crippen LogP contribution in [0.2, 0.25) is 0 Å². The molecular weight excluding hydrogens is 556 g/mol. The zero-order valence-corrected chi connectivity index (χ0v) is 25.2. The van der Waals surface area contributed by atoms with Crippen LogP contribution in [0, 0.1) is 37.5 Å². The first-order valence-corrected chi connectivity index (χ1v) is 14.3. The van der Waals surface area contributed by atoms with Gasteiger partial charge in [-0.05, 0) is 70.0 Å². The van der Waals surface area contributed by atoms with Gasteiger partial charge < -0.3 is 30.6 Å². The Kier molecular flexibility index (Phi) is 7.60. The number of primary amides is 1. The number of aliphatic hydroxyl groups is 1. The maximum atomic E-state index is 14.1. The molecule has 230 valence electrons. The number of aromatic hydroxyl groups is 1. The van der Waals surface area contributed by atoms with E-state index >= 15 is 0 Å². The monoisotopic (exact) mass is 594 g/mol. The van der Waals surface area contributed by atoms with Crippen molar-refractivity contribution in [3.05, 3.63) is 45.9 Å². The SMILES string of the molecule is Cc1cc(CNCc2cc(N(C)C)c3c(c2O)C(=O)C2C(=O)[C@@]4(O)C(=O)C(C(N)=O)C(=O)[C@H](N(C)C)[C@H]4C[C@H]2C3)oc1C. The molecule has 1 aromatic heterocycles. The molecule has 12 heteroatoms. The lowest BCUT2D eigenvalue weighted by atomic mass is 9.52. The number of phenolic OH excluding ortho intramolecular Hbond substituents is 1. The third-order valence-corrected chi connectivity index (χ3v) is 9.43. The second-order valence-electron chi connectivity index (χ2n) is 12.5. The highest BCUT2D eigenvalue weighted by molar-refractivity contribution is 6.32. The Bertz CT molecular complexity index is 1540. The van der Waals surface area contributed by atoms with Crippen molar-refractivity contribution in [2.45, 2.75) is 51.4 Å². The lowest BCUT2D eigenvalue weighted by Crippen LogP contribution is -2.74. The number of phenols is 1. The number of fused-ring (bicyclic) bond motifs is 3. The normalized spacial score (nSPS) is 28.5. The molecule has 1 amide bonds. The minimum Gasteiger partial charge on any atom is -0.507 e. The fraction of sp³-hybridized carbons (Fsp3) is 0.516. The lowest BCUT2D eigenvalue weighted by molar-refractivity contribution is -0.181. The molecule has 3 aliphatic carbocycles. The summed E-state index contributed by atoms with van der Waals surface area (Å²) in [6, 6.07) is 2.57. The van der Waals surface area contributed by atoms with Gasteiger partial charge in [-0.2, -0.15) is 0 Å². The summed E-state index contributed by atoms with van der Waals surface area (Å²) in [5.74, 6) is -9.08. The molecule has 0 spiro atoms. The highest BCUT2D eigenvalue weighted by Gasteiger charge is 2.69. The van der Waals surface area contributed by atoms with Crippen LogP contribution < -0.4 is 16.0 Å². The first-order valence-electron chi connectivity index (χ1n) is 14.3. The quantitative estimate of drug-likeness (QED) is 0.326. The molecule has 1 heterocycles. The summed E-state index contributed by atoms with van der Waals surface area (Å²) in [5, 5.41) is 26.4. The van der Waals surface area contributed by atoms with E-state index in [9.17, 15) is 34.2 Å². The van der Waals surface area contributed by atoms with Crippen molar-refractivity contribution in [1.29, 1.82) is 0 Å². The summed E-state index contributed by atoms with van der Waals surface area (Å²) >= 11 is 0. The van der Waals surface area contributed by atoms with E-state index < -0.39 is 64.4 Å². The first-order chi connectivity index (χ1) is 20.1.